The van der Waals surface area contributed by atoms with Gasteiger partial charge in [-0.3, -0.25) is 4.79 Å². The van der Waals surface area contributed by atoms with Crippen LogP contribution in [-0.4, -0.2) is 23.3 Å². The van der Waals surface area contributed by atoms with Gasteiger partial charge in [0.1, 0.15) is 5.02 Å². The molecule has 1 N–H and O–H groups in total. The number of halogens is 1. The largest absolute Gasteiger partial charge is 0.487 e. The normalized spacial score (nSPS) is 21.2. The van der Waals surface area contributed by atoms with E-state index >= 15 is 0 Å². The molecule has 2 rings (SSSR count). The van der Waals surface area contributed by atoms with Crippen molar-refractivity contribution in [3.05, 3.63) is 39.2 Å². The van der Waals surface area contributed by atoms with Crippen LogP contribution in [0, 0.1) is 0 Å². The third-order valence-corrected chi connectivity index (χ3v) is 3.89. The van der Waals surface area contributed by atoms with Crippen LogP contribution in [0.3, 0.4) is 0 Å². The highest BCUT2D eigenvalue weighted by Gasteiger charge is 2.49. The first kappa shape index (κ1) is 14.4. The average molecular weight is 282 g/mol. The van der Waals surface area contributed by atoms with E-state index in [0.717, 1.165) is 0 Å². The zero-order valence-electron chi connectivity index (χ0n) is 11.5. The van der Waals surface area contributed by atoms with Gasteiger partial charge >= 0.3 is 7.12 Å². The summed E-state index contributed by atoms with van der Waals surface area (Å²) in [5.41, 5.74) is -0.289. The summed E-state index contributed by atoms with van der Waals surface area (Å²) < 4.78 is 11.6. The maximum Gasteiger partial charge on any atom is 0.487 e. The van der Waals surface area contributed by atoms with E-state index in [0.29, 0.717) is 5.69 Å². The Morgan fingerprint density at radius 2 is 1.84 bits per heavy atom. The molecule has 0 aliphatic carbocycles. The predicted octanol–water partition coefficient (Wildman–Crippen LogP) is 2.67. The molecule has 1 saturated heterocycles. The topological polar surface area (TPSA) is 51.3 Å². The molecule has 1 aromatic rings. The van der Waals surface area contributed by atoms with Crippen molar-refractivity contribution in [2.24, 2.45) is 0 Å². The minimum absolute atomic E-state index is 0.174. The van der Waals surface area contributed by atoms with Gasteiger partial charge in [0.15, 0.2) is 0 Å². The molecular weight excluding hydrogens is 264 g/mol. The van der Waals surface area contributed by atoms with Gasteiger partial charge in [-0.15, -0.1) is 0 Å². The van der Waals surface area contributed by atoms with Crippen LogP contribution in [0.1, 0.15) is 33.4 Å². The van der Waals surface area contributed by atoms with Crippen molar-refractivity contribution < 1.29 is 9.31 Å². The van der Waals surface area contributed by atoms with Gasteiger partial charge in [-0.2, -0.15) is 0 Å². The van der Waals surface area contributed by atoms with Crippen LogP contribution in [0.25, 0.3) is 6.08 Å². The highest BCUT2D eigenvalue weighted by molar-refractivity contribution is 6.52. The molecule has 102 valence electrons. The molecule has 1 fully saturated rings. The summed E-state index contributed by atoms with van der Waals surface area (Å²) in [4.78, 5) is 14.3. The fourth-order valence-corrected chi connectivity index (χ4v) is 1.82. The van der Waals surface area contributed by atoms with Crippen molar-refractivity contribution in [2.45, 2.75) is 38.9 Å². The van der Waals surface area contributed by atoms with E-state index in [-0.39, 0.29) is 21.7 Å². The second-order valence-electron chi connectivity index (χ2n) is 5.58. The van der Waals surface area contributed by atoms with Crippen LogP contribution in [0.2, 0.25) is 5.02 Å². The molecule has 6 heteroatoms. The highest BCUT2D eigenvalue weighted by atomic mass is 35.5. The molecule has 2 heterocycles. The van der Waals surface area contributed by atoms with E-state index in [2.05, 4.69) is 4.98 Å². The van der Waals surface area contributed by atoms with Crippen molar-refractivity contribution in [1.82, 2.24) is 4.98 Å². The zero-order valence-corrected chi connectivity index (χ0v) is 12.2. The van der Waals surface area contributed by atoms with Crippen LogP contribution in [0.5, 0.6) is 0 Å². The van der Waals surface area contributed by atoms with E-state index in [4.69, 9.17) is 20.9 Å². The van der Waals surface area contributed by atoms with E-state index in [9.17, 15) is 4.79 Å². The van der Waals surface area contributed by atoms with Crippen molar-refractivity contribution >= 4 is 24.8 Å². The summed E-state index contributed by atoms with van der Waals surface area (Å²) >= 11 is 5.67. The van der Waals surface area contributed by atoms with Gasteiger partial charge in [0.05, 0.1) is 11.2 Å². The molecule has 1 aliphatic heterocycles. The third kappa shape index (κ3) is 2.94. The molecule has 0 aromatic carbocycles. The minimum Gasteiger partial charge on any atom is -0.400 e. The Hall–Kier alpha value is -1.04. The first-order chi connectivity index (χ1) is 8.71. The number of nitrogens with one attached hydrogen (secondary N) is 1. The number of pyridine rings is 1. The van der Waals surface area contributed by atoms with E-state index in [1.807, 2.05) is 27.7 Å². The zero-order chi connectivity index (χ0) is 14.3. The maximum absolute atomic E-state index is 11.4. The number of hydrogen-bond donors (Lipinski definition) is 1. The summed E-state index contributed by atoms with van der Waals surface area (Å²) in [6.45, 7) is 7.96. The number of H-pyrrole nitrogens is 1. The van der Waals surface area contributed by atoms with Gasteiger partial charge in [0.25, 0.3) is 0 Å². The Morgan fingerprint density at radius 1 is 1.26 bits per heavy atom. The fraction of sp³-hybridized carbons (Fsp3) is 0.462. The van der Waals surface area contributed by atoms with Crippen molar-refractivity contribution in [3.63, 3.8) is 0 Å². The van der Waals surface area contributed by atoms with Gasteiger partial charge in [-0.05, 0) is 33.8 Å². The lowest BCUT2D eigenvalue weighted by atomic mass is 9.89. The summed E-state index contributed by atoms with van der Waals surface area (Å²) in [6.07, 6.45) is 3.22. The second kappa shape index (κ2) is 4.82. The van der Waals surface area contributed by atoms with Crippen molar-refractivity contribution in [1.29, 1.82) is 0 Å². The Labute approximate surface area is 117 Å². The molecule has 1 aromatic heterocycles. The SMILES string of the molecule is CC1(C)OB(/C=C/c2cc(=O)c(Cl)c[nH]2)OC1(C)C. The van der Waals surface area contributed by atoms with E-state index in [1.165, 1.54) is 12.3 Å². The molecule has 4 nitrogen and oxygen atoms in total. The van der Waals surface area contributed by atoms with Gasteiger partial charge in [0.2, 0.25) is 5.43 Å². The van der Waals surface area contributed by atoms with Crippen LogP contribution < -0.4 is 5.43 Å². The molecule has 0 unspecified atom stereocenters. The Bertz CT molecular complexity index is 549. The maximum atomic E-state index is 11.4. The lowest BCUT2D eigenvalue weighted by Crippen LogP contribution is -2.41. The Balaban J connectivity index is 2.12. The molecule has 0 spiro atoms. The number of aromatic nitrogens is 1. The van der Waals surface area contributed by atoms with E-state index < -0.39 is 7.12 Å². The quantitative estimate of drug-likeness (QED) is 0.848. The monoisotopic (exact) mass is 281 g/mol. The minimum atomic E-state index is -0.427. The summed E-state index contributed by atoms with van der Waals surface area (Å²) in [6, 6.07) is 1.43. The molecule has 0 radical (unpaired) electrons. The predicted molar refractivity (Wildman–Crippen MR) is 77.2 cm³/mol. The lowest BCUT2D eigenvalue weighted by molar-refractivity contribution is 0.00578. The van der Waals surface area contributed by atoms with E-state index in [1.54, 1.807) is 12.1 Å². The van der Waals surface area contributed by atoms with Crippen LogP contribution >= 0.6 is 11.6 Å². The fourth-order valence-electron chi connectivity index (χ4n) is 1.72. The summed E-state index contributed by atoms with van der Waals surface area (Å²) in [5.74, 6) is 1.77. The summed E-state index contributed by atoms with van der Waals surface area (Å²) in [7, 11) is -0.427. The van der Waals surface area contributed by atoms with Gasteiger partial charge in [0, 0.05) is 18.0 Å². The van der Waals surface area contributed by atoms with Gasteiger partial charge in [-0.1, -0.05) is 17.6 Å². The van der Waals surface area contributed by atoms with Gasteiger partial charge < -0.3 is 14.3 Å². The Morgan fingerprint density at radius 3 is 2.37 bits per heavy atom. The number of hydrogen-bond acceptors (Lipinski definition) is 3. The number of rotatable bonds is 2. The van der Waals surface area contributed by atoms with Crippen LogP contribution in [0.15, 0.2) is 23.0 Å². The molecule has 0 saturated carbocycles. The first-order valence-electron chi connectivity index (χ1n) is 6.13. The lowest BCUT2D eigenvalue weighted by Gasteiger charge is -2.32. The third-order valence-electron chi connectivity index (χ3n) is 3.59. The Kier molecular flexibility index (Phi) is 3.64. The standard InChI is InChI=1S/C13H17BClNO3/c1-12(2)13(3,4)19-14(18-12)6-5-9-7-11(17)10(15)8-16-9/h5-8H,1-4H3,(H,16,17)/b6-5+. The second-order valence-corrected chi connectivity index (χ2v) is 5.99. The molecular formula is C13H17BClNO3. The summed E-state index contributed by atoms with van der Waals surface area (Å²) in [5, 5.41) is 0.174. The molecule has 0 amide bonds. The molecule has 19 heavy (non-hydrogen) atoms. The average Bonchev–Trinajstić information content (AvgIpc) is 2.49. The van der Waals surface area contributed by atoms with Crippen LogP contribution in [-0.2, 0) is 9.31 Å². The van der Waals surface area contributed by atoms with Crippen molar-refractivity contribution in [3.8, 4) is 0 Å². The first-order valence-corrected chi connectivity index (χ1v) is 6.51. The molecule has 0 atom stereocenters. The van der Waals surface area contributed by atoms with Gasteiger partial charge in [-0.25, -0.2) is 0 Å². The smallest absolute Gasteiger partial charge is 0.400 e. The molecule has 1 aliphatic rings. The highest BCUT2D eigenvalue weighted by Crippen LogP contribution is 2.36. The number of aromatic amines is 1. The van der Waals surface area contributed by atoms with Crippen molar-refractivity contribution in [2.75, 3.05) is 0 Å². The van der Waals surface area contributed by atoms with Crippen LogP contribution in [0.4, 0.5) is 0 Å². The molecule has 0 bridgehead atoms.